The standard InChI is InChI=1S/C69H46N2/c1-67(2)54-25-11-6-20-48(54)53-38-36-47(41-62(53)67)65-42-64(44-18-4-3-5-19-44)70-66(71-65)45-34-32-43(33-35-45)46-37-39-61-63(40-46)69(57-28-14-9-23-51(57)52-24-10-15-29-58(52)69)60-31-17-16-30-59(60)68(61)55-26-12-7-21-49(55)50-22-8-13-27-56(50)68/h3-42H,1-2H3. The van der Waals surface area contributed by atoms with Crippen molar-refractivity contribution in [3.63, 3.8) is 0 Å². The van der Waals surface area contributed by atoms with Gasteiger partial charge >= 0.3 is 0 Å². The molecule has 4 aliphatic rings. The highest BCUT2D eigenvalue weighted by atomic mass is 14.9. The van der Waals surface area contributed by atoms with Crippen LogP contribution in [0.15, 0.2) is 243 Å². The minimum atomic E-state index is -0.551. The Hall–Kier alpha value is -8.72. The van der Waals surface area contributed by atoms with Crippen LogP contribution < -0.4 is 0 Å². The number of fused-ring (bicyclic) bond motifs is 19. The Bertz CT molecular complexity index is 3940. The molecule has 0 N–H and O–H groups in total. The molecule has 1 aromatic heterocycles. The minimum Gasteiger partial charge on any atom is -0.228 e. The fourth-order valence-corrected chi connectivity index (χ4v) is 13.6. The highest BCUT2D eigenvalue weighted by Crippen LogP contribution is 2.67. The average molecular weight is 903 g/mol. The highest BCUT2D eigenvalue weighted by Gasteiger charge is 2.59. The fourth-order valence-electron chi connectivity index (χ4n) is 13.6. The summed E-state index contributed by atoms with van der Waals surface area (Å²) in [6, 6.07) is 90.5. The number of hydrogen-bond donors (Lipinski definition) is 0. The van der Waals surface area contributed by atoms with E-state index in [9.17, 15) is 0 Å². The first-order valence-electron chi connectivity index (χ1n) is 24.9. The summed E-state index contributed by atoms with van der Waals surface area (Å²) < 4.78 is 0. The first-order valence-corrected chi connectivity index (χ1v) is 24.9. The van der Waals surface area contributed by atoms with Crippen LogP contribution in [0.1, 0.15) is 69.5 Å². The van der Waals surface area contributed by atoms with Gasteiger partial charge in [-0.15, -0.1) is 0 Å². The van der Waals surface area contributed by atoms with Crippen LogP contribution in [0.4, 0.5) is 0 Å². The molecule has 0 aliphatic heterocycles. The Morgan fingerprint density at radius 3 is 1.15 bits per heavy atom. The summed E-state index contributed by atoms with van der Waals surface area (Å²) in [5.74, 6) is 0.705. The van der Waals surface area contributed by atoms with Crippen LogP contribution in [0.25, 0.3) is 78.4 Å². The van der Waals surface area contributed by atoms with Gasteiger partial charge in [0.05, 0.1) is 22.2 Å². The van der Waals surface area contributed by atoms with Gasteiger partial charge in [0.1, 0.15) is 0 Å². The lowest BCUT2D eigenvalue weighted by Crippen LogP contribution is -2.43. The lowest BCUT2D eigenvalue weighted by Gasteiger charge is -2.49. The summed E-state index contributed by atoms with van der Waals surface area (Å²) in [6.07, 6.45) is 0. The predicted molar refractivity (Wildman–Crippen MR) is 290 cm³/mol. The van der Waals surface area contributed by atoms with E-state index in [4.69, 9.17) is 9.97 Å². The SMILES string of the molecule is CC1(C)c2ccccc2-c2ccc(-c3cc(-c4ccccc4)nc(-c4ccc(-c5ccc6c(c5)C5(c7ccccc7-c7ccccc75)c5ccccc5C65c6ccccc6-c6ccccc65)cc4)n3)cc21. The Kier molecular flexibility index (Phi) is 8.29. The van der Waals surface area contributed by atoms with Gasteiger partial charge in [-0.25, -0.2) is 9.97 Å². The van der Waals surface area contributed by atoms with Gasteiger partial charge in [-0.05, 0) is 118 Å². The zero-order chi connectivity index (χ0) is 47.1. The van der Waals surface area contributed by atoms with E-state index in [2.05, 4.69) is 257 Å². The second kappa shape index (κ2) is 14.7. The summed E-state index contributed by atoms with van der Waals surface area (Å²) in [5, 5.41) is 0. The van der Waals surface area contributed by atoms with Crippen LogP contribution in [-0.2, 0) is 16.2 Å². The Labute approximate surface area is 414 Å². The molecule has 71 heavy (non-hydrogen) atoms. The van der Waals surface area contributed by atoms with Crippen molar-refractivity contribution in [1.29, 1.82) is 0 Å². The molecule has 15 rings (SSSR count). The molecule has 0 fully saturated rings. The summed E-state index contributed by atoms with van der Waals surface area (Å²) in [7, 11) is 0. The molecule has 1 heterocycles. The molecule has 11 aromatic rings. The molecule has 10 aromatic carbocycles. The lowest BCUT2D eigenvalue weighted by molar-refractivity contribution is 0.633. The number of hydrogen-bond acceptors (Lipinski definition) is 2. The molecule has 0 saturated heterocycles. The van der Waals surface area contributed by atoms with E-state index < -0.39 is 10.8 Å². The first kappa shape index (κ1) is 40.2. The smallest absolute Gasteiger partial charge is 0.160 e. The van der Waals surface area contributed by atoms with Gasteiger partial charge < -0.3 is 0 Å². The van der Waals surface area contributed by atoms with E-state index in [1.54, 1.807) is 0 Å². The molecule has 0 unspecified atom stereocenters. The molecule has 0 radical (unpaired) electrons. The summed E-state index contributed by atoms with van der Waals surface area (Å²) in [4.78, 5) is 10.6. The van der Waals surface area contributed by atoms with Crippen LogP contribution in [0.2, 0.25) is 0 Å². The maximum atomic E-state index is 5.36. The van der Waals surface area contributed by atoms with Crippen molar-refractivity contribution in [2.24, 2.45) is 0 Å². The van der Waals surface area contributed by atoms with E-state index in [0.29, 0.717) is 5.82 Å². The van der Waals surface area contributed by atoms with Gasteiger partial charge in [0.2, 0.25) is 0 Å². The number of aromatic nitrogens is 2. The van der Waals surface area contributed by atoms with E-state index in [1.807, 2.05) is 0 Å². The highest BCUT2D eigenvalue weighted by molar-refractivity contribution is 5.94. The van der Waals surface area contributed by atoms with E-state index in [0.717, 1.165) is 33.6 Å². The summed E-state index contributed by atoms with van der Waals surface area (Å²) >= 11 is 0. The van der Waals surface area contributed by atoms with Gasteiger partial charge in [0.25, 0.3) is 0 Å². The first-order chi connectivity index (χ1) is 35.0. The number of benzene rings is 10. The van der Waals surface area contributed by atoms with Crippen molar-refractivity contribution >= 4 is 0 Å². The van der Waals surface area contributed by atoms with Crippen LogP contribution in [0.5, 0.6) is 0 Å². The van der Waals surface area contributed by atoms with Crippen LogP contribution in [0.3, 0.4) is 0 Å². The Morgan fingerprint density at radius 1 is 0.239 bits per heavy atom. The van der Waals surface area contributed by atoms with Crippen LogP contribution in [-0.4, -0.2) is 9.97 Å². The normalized spacial score (nSPS) is 15.0. The predicted octanol–water partition coefficient (Wildman–Crippen LogP) is 16.5. The van der Waals surface area contributed by atoms with Gasteiger partial charge in [-0.3, -0.25) is 0 Å². The second-order valence-electron chi connectivity index (χ2n) is 20.3. The third kappa shape index (κ3) is 5.32. The summed E-state index contributed by atoms with van der Waals surface area (Å²) in [5.41, 5.74) is 27.3. The third-order valence-electron chi connectivity index (χ3n) is 16.6. The molecule has 2 spiro atoms. The van der Waals surface area contributed by atoms with E-state index in [1.165, 1.54) is 94.6 Å². The molecule has 0 saturated carbocycles. The van der Waals surface area contributed by atoms with Crippen molar-refractivity contribution in [1.82, 2.24) is 9.97 Å². The molecule has 332 valence electrons. The van der Waals surface area contributed by atoms with Gasteiger partial charge in [-0.2, -0.15) is 0 Å². The van der Waals surface area contributed by atoms with Gasteiger partial charge in [0, 0.05) is 22.1 Å². The van der Waals surface area contributed by atoms with Crippen molar-refractivity contribution in [2.75, 3.05) is 0 Å². The Balaban J connectivity index is 0.917. The van der Waals surface area contributed by atoms with E-state index >= 15 is 0 Å². The third-order valence-corrected chi connectivity index (χ3v) is 16.6. The van der Waals surface area contributed by atoms with E-state index in [-0.39, 0.29) is 5.41 Å². The molecule has 2 heteroatoms. The Morgan fingerprint density at radius 2 is 0.606 bits per heavy atom. The quantitative estimate of drug-likeness (QED) is 0.176. The molecule has 4 aliphatic carbocycles. The van der Waals surface area contributed by atoms with Crippen molar-refractivity contribution < 1.29 is 0 Å². The zero-order valence-electron chi connectivity index (χ0n) is 39.5. The van der Waals surface area contributed by atoms with Crippen LogP contribution >= 0.6 is 0 Å². The maximum absolute atomic E-state index is 5.36. The van der Waals surface area contributed by atoms with Crippen molar-refractivity contribution in [2.45, 2.75) is 30.1 Å². The summed E-state index contributed by atoms with van der Waals surface area (Å²) in [6.45, 7) is 4.67. The van der Waals surface area contributed by atoms with Gasteiger partial charge in [-0.1, -0.05) is 238 Å². The molecule has 0 amide bonds. The van der Waals surface area contributed by atoms with Gasteiger partial charge in [0.15, 0.2) is 5.82 Å². The molecule has 0 atom stereocenters. The minimum absolute atomic E-state index is 0.118. The molecular formula is C69H46N2. The maximum Gasteiger partial charge on any atom is 0.160 e. The van der Waals surface area contributed by atoms with Crippen LogP contribution in [0, 0.1) is 0 Å². The monoisotopic (exact) mass is 902 g/mol. The van der Waals surface area contributed by atoms with Crippen molar-refractivity contribution in [3.8, 4) is 78.4 Å². The number of rotatable bonds is 4. The molecule has 0 bridgehead atoms. The zero-order valence-corrected chi connectivity index (χ0v) is 39.5. The average Bonchev–Trinajstić information content (AvgIpc) is 4.01. The lowest BCUT2D eigenvalue weighted by atomic mass is 9.52. The molecular weight excluding hydrogens is 857 g/mol. The van der Waals surface area contributed by atoms with Crippen molar-refractivity contribution in [3.05, 3.63) is 298 Å². The second-order valence-corrected chi connectivity index (χ2v) is 20.3. The fraction of sp³-hybridized carbons (Fsp3) is 0.0725. The largest absolute Gasteiger partial charge is 0.228 e. The number of nitrogens with zero attached hydrogens (tertiary/aromatic N) is 2. The topological polar surface area (TPSA) is 25.8 Å². The molecule has 2 nitrogen and oxygen atoms in total.